The van der Waals surface area contributed by atoms with E-state index in [1.807, 2.05) is 7.05 Å². The molecule has 0 spiro atoms. The van der Waals surface area contributed by atoms with Gasteiger partial charge in [0.05, 0.1) is 5.54 Å². The maximum Gasteiger partial charge on any atom is 0.242 e. The summed E-state index contributed by atoms with van der Waals surface area (Å²) in [5.41, 5.74) is 5.46. The van der Waals surface area contributed by atoms with Crippen LogP contribution in [-0.4, -0.2) is 43.2 Å². The lowest BCUT2D eigenvalue weighted by atomic mass is 9.90. The molecule has 0 unspecified atom stereocenters. The Balaban J connectivity index is 2.41. The summed E-state index contributed by atoms with van der Waals surface area (Å²) in [5.74, 6) is 0.0758. The molecular weight excluding hydrogens is 204 g/mol. The molecule has 1 amide bonds. The highest BCUT2D eigenvalue weighted by Crippen LogP contribution is 2.20. The first-order chi connectivity index (χ1) is 7.60. The zero-order valence-electron chi connectivity index (χ0n) is 10.5. The van der Waals surface area contributed by atoms with Crippen molar-refractivity contribution in [3.8, 4) is 0 Å². The molecule has 1 heterocycles. The van der Waals surface area contributed by atoms with Crippen LogP contribution < -0.4 is 5.73 Å². The van der Waals surface area contributed by atoms with Gasteiger partial charge in [0.2, 0.25) is 5.91 Å². The molecule has 4 heteroatoms. The van der Waals surface area contributed by atoms with E-state index < -0.39 is 5.54 Å². The van der Waals surface area contributed by atoms with Gasteiger partial charge in [-0.2, -0.15) is 0 Å². The Labute approximate surface area is 98.1 Å². The van der Waals surface area contributed by atoms with Crippen LogP contribution in [0.15, 0.2) is 0 Å². The molecule has 1 aliphatic rings. The monoisotopic (exact) mass is 228 g/mol. The quantitative estimate of drug-likeness (QED) is 0.718. The summed E-state index contributed by atoms with van der Waals surface area (Å²) in [5, 5.41) is 0. The van der Waals surface area contributed by atoms with E-state index in [1.54, 1.807) is 4.90 Å². The normalized spacial score (nSPS) is 19.4. The fraction of sp³-hybridized carbons (Fsp3) is 0.917. The average Bonchev–Trinajstić information content (AvgIpc) is 2.29. The van der Waals surface area contributed by atoms with E-state index in [2.05, 4.69) is 6.92 Å². The minimum Gasteiger partial charge on any atom is -0.381 e. The van der Waals surface area contributed by atoms with Crippen LogP contribution in [0.4, 0.5) is 0 Å². The molecule has 0 aromatic rings. The summed E-state index contributed by atoms with van der Waals surface area (Å²) in [4.78, 5) is 13.9. The molecule has 0 saturated carbocycles. The van der Waals surface area contributed by atoms with Gasteiger partial charge < -0.3 is 15.4 Å². The Bertz CT molecular complexity index is 225. The van der Waals surface area contributed by atoms with Crippen LogP contribution in [0, 0.1) is 0 Å². The minimum atomic E-state index is -0.681. The maximum atomic E-state index is 12.2. The van der Waals surface area contributed by atoms with Crippen molar-refractivity contribution in [1.82, 2.24) is 4.90 Å². The predicted molar refractivity (Wildman–Crippen MR) is 64.1 cm³/mol. The zero-order chi connectivity index (χ0) is 12.0. The molecule has 1 rings (SSSR count). The highest BCUT2D eigenvalue weighted by atomic mass is 16.5. The van der Waals surface area contributed by atoms with Crippen LogP contribution >= 0.6 is 0 Å². The second-order valence-corrected chi connectivity index (χ2v) is 4.70. The number of likely N-dealkylation sites (N-methyl/N-ethyl adjacent to an activating group) is 1. The molecule has 94 valence electrons. The van der Waals surface area contributed by atoms with Gasteiger partial charge in [-0.15, -0.1) is 0 Å². The highest BCUT2D eigenvalue weighted by Gasteiger charge is 2.37. The van der Waals surface area contributed by atoms with E-state index in [-0.39, 0.29) is 5.91 Å². The second-order valence-electron chi connectivity index (χ2n) is 4.70. The van der Waals surface area contributed by atoms with Crippen molar-refractivity contribution >= 4 is 5.91 Å². The van der Waals surface area contributed by atoms with E-state index >= 15 is 0 Å². The maximum absolute atomic E-state index is 12.2. The summed E-state index contributed by atoms with van der Waals surface area (Å²) < 4.78 is 5.24. The SMILES string of the molecule is CCCCCN(C)C(=O)C1(N)CCOCC1. The van der Waals surface area contributed by atoms with Crippen molar-refractivity contribution in [2.45, 2.75) is 44.6 Å². The van der Waals surface area contributed by atoms with E-state index in [9.17, 15) is 4.79 Å². The minimum absolute atomic E-state index is 0.0758. The summed E-state index contributed by atoms with van der Waals surface area (Å²) in [6, 6.07) is 0. The smallest absolute Gasteiger partial charge is 0.242 e. The van der Waals surface area contributed by atoms with Crippen molar-refractivity contribution in [1.29, 1.82) is 0 Å². The van der Waals surface area contributed by atoms with Crippen LogP contribution in [0.3, 0.4) is 0 Å². The van der Waals surface area contributed by atoms with Crippen molar-refractivity contribution in [3.05, 3.63) is 0 Å². The van der Waals surface area contributed by atoms with Gasteiger partial charge in [-0.3, -0.25) is 4.79 Å². The summed E-state index contributed by atoms with van der Waals surface area (Å²) in [6.07, 6.45) is 4.68. The predicted octanol–water partition coefficient (Wildman–Crippen LogP) is 1.14. The van der Waals surface area contributed by atoms with E-state index in [0.29, 0.717) is 26.1 Å². The molecule has 1 aliphatic heterocycles. The van der Waals surface area contributed by atoms with Gasteiger partial charge in [0, 0.05) is 26.8 Å². The van der Waals surface area contributed by atoms with E-state index in [1.165, 1.54) is 6.42 Å². The van der Waals surface area contributed by atoms with Gasteiger partial charge in [-0.05, 0) is 19.3 Å². The van der Waals surface area contributed by atoms with Crippen molar-refractivity contribution in [2.24, 2.45) is 5.73 Å². The van der Waals surface area contributed by atoms with Crippen molar-refractivity contribution < 1.29 is 9.53 Å². The Morgan fingerprint density at radius 2 is 2.00 bits per heavy atom. The number of hydrogen-bond acceptors (Lipinski definition) is 3. The average molecular weight is 228 g/mol. The van der Waals surface area contributed by atoms with Crippen LogP contribution in [0.2, 0.25) is 0 Å². The van der Waals surface area contributed by atoms with Gasteiger partial charge in [-0.25, -0.2) is 0 Å². The molecule has 0 aromatic heterocycles. The number of rotatable bonds is 5. The molecule has 0 atom stereocenters. The van der Waals surface area contributed by atoms with E-state index in [4.69, 9.17) is 10.5 Å². The number of nitrogens with zero attached hydrogens (tertiary/aromatic N) is 1. The Kier molecular flexibility index (Phi) is 5.22. The first-order valence-corrected chi connectivity index (χ1v) is 6.22. The Morgan fingerprint density at radius 3 is 2.56 bits per heavy atom. The van der Waals surface area contributed by atoms with Gasteiger partial charge in [0.15, 0.2) is 0 Å². The first-order valence-electron chi connectivity index (χ1n) is 6.22. The lowest BCUT2D eigenvalue weighted by molar-refractivity contribution is -0.139. The molecule has 4 nitrogen and oxygen atoms in total. The van der Waals surface area contributed by atoms with Crippen LogP contribution in [0.1, 0.15) is 39.0 Å². The van der Waals surface area contributed by atoms with Gasteiger partial charge in [0.1, 0.15) is 0 Å². The number of amides is 1. The lowest BCUT2D eigenvalue weighted by Crippen LogP contribution is -2.57. The number of carbonyl (C=O) groups excluding carboxylic acids is 1. The van der Waals surface area contributed by atoms with Gasteiger partial charge >= 0.3 is 0 Å². The second kappa shape index (κ2) is 6.21. The summed E-state index contributed by atoms with van der Waals surface area (Å²) >= 11 is 0. The number of unbranched alkanes of at least 4 members (excludes halogenated alkanes) is 2. The number of nitrogens with two attached hydrogens (primary N) is 1. The summed E-state index contributed by atoms with van der Waals surface area (Å²) in [6.45, 7) is 4.17. The van der Waals surface area contributed by atoms with Gasteiger partial charge in [-0.1, -0.05) is 19.8 Å². The standard InChI is InChI=1S/C12H24N2O2/c1-3-4-5-8-14(2)11(15)12(13)6-9-16-10-7-12/h3-10,13H2,1-2H3. The fourth-order valence-corrected chi connectivity index (χ4v) is 2.03. The number of carbonyl (C=O) groups is 1. The third-order valence-corrected chi connectivity index (χ3v) is 3.25. The fourth-order valence-electron chi connectivity index (χ4n) is 2.03. The third-order valence-electron chi connectivity index (χ3n) is 3.25. The van der Waals surface area contributed by atoms with Gasteiger partial charge in [0.25, 0.3) is 0 Å². The lowest BCUT2D eigenvalue weighted by Gasteiger charge is -2.35. The molecule has 16 heavy (non-hydrogen) atoms. The number of hydrogen-bond donors (Lipinski definition) is 1. The Hall–Kier alpha value is -0.610. The highest BCUT2D eigenvalue weighted by molar-refractivity contribution is 5.86. The summed E-state index contributed by atoms with van der Waals surface area (Å²) in [7, 11) is 1.85. The van der Waals surface area contributed by atoms with E-state index in [0.717, 1.165) is 19.4 Å². The molecule has 0 radical (unpaired) electrons. The molecule has 0 bridgehead atoms. The van der Waals surface area contributed by atoms with Crippen molar-refractivity contribution in [2.75, 3.05) is 26.8 Å². The first kappa shape index (κ1) is 13.5. The van der Waals surface area contributed by atoms with Crippen LogP contribution in [0.5, 0.6) is 0 Å². The third kappa shape index (κ3) is 3.46. The number of ether oxygens (including phenoxy) is 1. The molecular formula is C12H24N2O2. The Morgan fingerprint density at radius 1 is 1.38 bits per heavy atom. The van der Waals surface area contributed by atoms with Crippen molar-refractivity contribution in [3.63, 3.8) is 0 Å². The molecule has 1 fully saturated rings. The van der Waals surface area contributed by atoms with Crippen LogP contribution in [-0.2, 0) is 9.53 Å². The zero-order valence-corrected chi connectivity index (χ0v) is 10.5. The largest absolute Gasteiger partial charge is 0.381 e. The molecule has 0 aliphatic carbocycles. The molecule has 2 N–H and O–H groups in total. The molecule has 0 aromatic carbocycles. The molecule has 1 saturated heterocycles. The topological polar surface area (TPSA) is 55.6 Å². The van der Waals surface area contributed by atoms with Crippen LogP contribution in [0.25, 0.3) is 0 Å².